The van der Waals surface area contributed by atoms with Crippen molar-refractivity contribution in [2.45, 2.75) is 17.4 Å². The molecular weight excluding hydrogens is 358 g/mol. The first kappa shape index (κ1) is 19.3. The average molecular weight is 378 g/mol. The van der Waals surface area contributed by atoms with Gasteiger partial charge in [0.2, 0.25) is 5.91 Å². The summed E-state index contributed by atoms with van der Waals surface area (Å²) in [4.78, 5) is 23.4. The van der Waals surface area contributed by atoms with E-state index in [2.05, 4.69) is 10.1 Å². The van der Waals surface area contributed by atoms with Crippen molar-refractivity contribution in [1.29, 1.82) is 0 Å². The third kappa shape index (κ3) is 5.80. The van der Waals surface area contributed by atoms with E-state index < -0.39 is 5.97 Å². The Morgan fingerprint density at radius 1 is 1.08 bits per heavy atom. The van der Waals surface area contributed by atoms with Crippen LogP contribution in [-0.4, -0.2) is 30.8 Å². The lowest BCUT2D eigenvalue weighted by Gasteiger charge is -2.21. The summed E-state index contributed by atoms with van der Waals surface area (Å²) in [5.74, 6) is -0.673. The first-order valence-corrected chi connectivity index (χ1v) is 9.13. The molecule has 2 atom stereocenters. The molecule has 0 bridgehead atoms. The lowest BCUT2D eigenvalue weighted by molar-refractivity contribution is -0.141. The van der Waals surface area contributed by atoms with Gasteiger partial charge in [-0.25, -0.2) is 0 Å². The van der Waals surface area contributed by atoms with Crippen molar-refractivity contribution < 1.29 is 14.3 Å². The van der Waals surface area contributed by atoms with Gasteiger partial charge in [-0.3, -0.25) is 9.59 Å². The first-order valence-electron chi connectivity index (χ1n) is 7.81. The molecule has 0 aliphatic rings. The van der Waals surface area contributed by atoms with Crippen molar-refractivity contribution in [2.24, 2.45) is 0 Å². The summed E-state index contributed by atoms with van der Waals surface area (Å²) >= 11 is 7.51. The van der Waals surface area contributed by atoms with Crippen LogP contribution in [0.15, 0.2) is 54.6 Å². The fraction of sp³-hybridized carbons (Fsp3) is 0.263. The minimum absolute atomic E-state index is 0.0163. The molecule has 0 aliphatic heterocycles. The Morgan fingerprint density at radius 2 is 1.68 bits per heavy atom. The second-order valence-corrected chi connectivity index (χ2v) is 7.30. The van der Waals surface area contributed by atoms with E-state index in [-0.39, 0.29) is 23.0 Å². The second kappa shape index (κ2) is 9.49. The van der Waals surface area contributed by atoms with Crippen molar-refractivity contribution in [3.63, 3.8) is 0 Å². The monoisotopic (exact) mass is 377 g/mol. The largest absolute Gasteiger partial charge is 0.468 e. The highest BCUT2D eigenvalue weighted by Crippen LogP contribution is 2.38. The van der Waals surface area contributed by atoms with Gasteiger partial charge in [-0.1, -0.05) is 54.1 Å². The maximum absolute atomic E-state index is 12.3. The zero-order valence-electron chi connectivity index (χ0n) is 14.1. The van der Waals surface area contributed by atoms with Crippen LogP contribution in [0.2, 0.25) is 5.02 Å². The third-order valence-corrected chi connectivity index (χ3v) is 5.31. The Balaban J connectivity index is 2.14. The predicted molar refractivity (Wildman–Crippen MR) is 102 cm³/mol. The third-order valence-electron chi connectivity index (χ3n) is 3.62. The summed E-state index contributed by atoms with van der Waals surface area (Å²) in [6.07, 6.45) is 0. The standard InChI is InChI=1S/C19H20ClNO3S/c1-13(19(23)21-12-17(22)24-2)25-18(14-6-4-3-5-7-14)15-8-10-16(20)11-9-15/h3-11,13,18H,12H2,1-2H3,(H,21,23). The highest BCUT2D eigenvalue weighted by atomic mass is 35.5. The number of thioether (sulfide) groups is 1. The molecule has 0 aliphatic carbocycles. The summed E-state index contributed by atoms with van der Waals surface area (Å²) < 4.78 is 4.54. The van der Waals surface area contributed by atoms with Crippen LogP contribution in [0, 0.1) is 0 Å². The van der Waals surface area contributed by atoms with Crippen molar-refractivity contribution in [3.05, 3.63) is 70.7 Å². The fourth-order valence-electron chi connectivity index (χ4n) is 2.26. The van der Waals surface area contributed by atoms with Crippen molar-refractivity contribution in [1.82, 2.24) is 5.32 Å². The van der Waals surface area contributed by atoms with Gasteiger partial charge >= 0.3 is 5.97 Å². The van der Waals surface area contributed by atoms with E-state index in [0.717, 1.165) is 11.1 Å². The molecule has 132 valence electrons. The maximum atomic E-state index is 12.3. The average Bonchev–Trinajstić information content (AvgIpc) is 2.65. The van der Waals surface area contributed by atoms with E-state index in [0.29, 0.717) is 5.02 Å². The molecule has 0 heterocycles. The van der Waals surface area contributed by atoms with E-state index >= 15 is 0 Å². The Kier molecular flexibility index (Phi) is 7.34. The van der Waals surface area contributed by atoms with E-state index in [4.69, 9.17) is 11.6 Å². The molecule has 2 rings (SSSR count). The number of nitrogens with one attached hydrogen (secondary N) is 1. The van der Waals surface area contributed by atoms with Crippen LogP contribution in [-0.2, 0) is 14.3 Å². The van der Waals surface area contributed by atoms with Crippen LogP contribution in [0.1, 0.15) is 23.3 Å². The summed E-state index contributed by atoms with van der Waals surface area (Å²) in [7, 11) is 1.29. The van der Waals surface area contributed by atoms with Crippen LogP contribution in [0.4, 0.5) is 0 Å². The number of carbonyl (C=O) groups excluding carboxylic acids is 2. The zero-order chi connectivity index (χ0) is 18.2. The van der Waals surface area contributed by atoms with E-state index in [1.165, 1.54) is 18.9 Å². The summed E-state index contributed by atoms with van der Waals surface area (Å²) in [5, 5.41) is 2.91. The van der Waals surface area contributed by atoms with Crippen molar-refractivity contribution >= 4 is 35.2 Å². The molecule has 2 aromatic rings. The van der Waals surface area contributed by atoms with Crippen LogP contribution in [0.5, 0.6) is 0 Å². The van der Waals surface area contributed by atoms with Crippen LogP contribution in [0.3, 0.4) is 0 Å². The van der Waals surface area contributed by atoms with Crippen molar-refractivity contribution in [2.75, 3.05) is 13.7 Å². The fourth-order valence-corrected chi connectivity index (χ4v) is 3.63. The number of rotatable bonds is 7. The minimum Gasteiger partial charge on any atom is -0.468 e. The molecule has 0 fully saturated rings. The number of halogens is 1. The molecule has 0 aromatic heterocycles. The van der Waals surface area contributed by atoms with Gasteiger partial charge < -0.3 is 10.1 Å². The first-order chi connectivity index (χ1) is 12.0. The normalized spacial score (nSPS) is 12.9. The van der Waals surface area contributed by atoms with E-state index in [1.807, 2.05) is 61.5 Å². The maximum Gasteiger partial charge on any atom is 0.325 e. The molecule has 6 heteroatoms. The number of hydrogen-bond acceptors (Lipinski definition) is 4. The minimum atomic E-state index is -0.470. The Labute approximate surface area is 156 Å². The predicted octanol–water partition coefficient (Wildman–Crippen LogP) is 3.84. The molecule has 0 radical (unpaired) electrons. The van der Waals surface area contributed by atoms with Gasteiger partial charge in [-0.05, 0) is 30.2 Å². The molecule has 0 spiro atoms. The van der Waals surface area contributed by atoms with Crippen LogP contribution >= 0.6 is 23.4 Å². The quantitative estimate of drug-likeness (QED) is 0.745. The van der Waals surface area contributed by atoms with Gasteiger partial charge in [-0.15, -0.1) is 11.8 Å². The van der Waals surface area contributed by atoms with Gasteiger partial charge in [0.1, 0.15) is 6.54 Å². The molecule has 2 aromatic carbocycles. The highest BCUT2D eigenvalue weighted by molar-refractivity contribution is 8.01. The number of ether oxygens (including phenoxy) is 1. The molecule has 0 saturated heterocycles. The highest BCUT2D eigenvalue weighted by Gasteiger charge is 2.22. The molecule has 1 N–H and O–H groups in total. The number of benzene rings is 2. The SMILES string of the molecule is COC(=O)CNC(=O)C(C)SC(c1ccccc1)c1ccc(Cl)cc1. The van der Waals surface area contributed by atoms with Gasteiger partial charge in [0.25, 0.3) is 0 Å². The lowest BCUT2D eigenvalue weighted by Crippen LogP contribution is -2.35. The molecule has 2 unspecified atom stereocenters. The van der Waals surface area contributed by atoms with Crippen molar-refractivity contribution in [3.8, 4) is 0 Å². The van der Waals surface area contributed by atoms with Crippen LogP contribution < -0.4 is 5.32 Å². The Bertz CT molecular complexity index is 706. The summed E-state index contributed by atoms with van der Waals surface area (Å²) in [6.45, 7) is 1.69. The second-order valence-electron chi connectivity index (χ2n) is 5.41. The van der Waals surface area contributed by atoms with Gasteiger partial charge in [0, 0.05) is 5.02 Å². The number of carbonyl (C=O) groups is 2. The Morgan fingerprint density at radius 3 is 2.28 bits per heavy atom. The van der Waals surface area contributed by atoms with Crippen LogP contribution in [0.25, 0.3) is 0 Å². The number of esters is 1. The molecule has 1 amide bonds. The summed E-state index contributed by atoms with van der Waals surface area (Å²) in [6, 6.07) is 17.6. The smallest absolute Gasteiger partial charge is 0.325 e. The number of hydrogen-bond donors (Lipinski definition) is 1. The number of amides is 1. The zero-order valence-corrected chi connectivity index (χ0v) is 15.6. The van der Waals surface area contributed by atoms with E-state index in [9.17, 15) is 9.59 Å². The van der Waals surface area contributed by atoms with Gasteiger partial charge in [-0.2, -0.15) is 0 Å². The molecule has 25 heavy (non-hydrogen) atoms. The van der Waals surface area contributed by atoms with E-state index in [1.54, 1.807) is 0 Å². The summed E-state index contributed by atoms with van der Waals surface area (Å²) in [5.41, 5.74) is 2.16. The van der Waals surface area contributed by atoms with Gasteiger partial charge in [0.05, 0.1) is 17.6 Å². The molecular formula is C19H20ClNO3S. The lowest BCUT2D eigenvalue weighted by atomic mass is 10.0. The Hall–Kier alpha value is -1.98. The topological polar surface area (TPSA) is 55.4 Å². The molecule has 0 saturated carbocycles. The van der Waals surface area contributed by atoms with Gasteiger partial charge in [0.15, 0.2) is 0 Å². The number of methoxy groups -OCH3 is 1. The molecule has 4 nitrogen and oxygen atoms in total.